The highest BCUT2D eigenvalue weighted by molar-refractivity contribution is 5.97. The summed E-state index contributed by atoms with van der Waals surface area (Å²) >= 11 is 0. The second-order valence-electron chi connectivity index (χ2n) is 6.86. The summed E-state index contributed by atoms with van der Waals surface area (Å²) in [6.45, 7) is 0.335. The second kappa shape index (κ2) is 10.2. The van der Waals surface area contributed by atoms with Gasteiger partial charge in [-0.05, 0) is 47.9 Å². The molecule has 0 fully saturated rings. The average molecular weight is 420 g/mol. The van der Waals surface area contributed by atoms with Crippen LogP contribution in [0.3, 0.4) is 0 Å². The third kappa shape index (κ3) is 5.99. The summed E-state index contributed by atoms with van der Waals surface area (Å²) in [5, 5.41) is 23.3. The van der Waals surface area contributed by atoms with Crippen molar-refractivity contribution in [1.29, 1.82) is 0 Å². The first-order valence-corrected chi connectivity index (χ1v) is 9.60. The number of rotatable bonds is 9. The number of carbonyl (C=O) groups is 2. The van der Waals surface area contributed by atoms with Crippen molar-refractivity contribution in [2.24, 2.45) is 0 Å². The lowest BCUT2D eigenvalue weighted by atomic mass is 10.1. The van der Waals surface area contributed by atoms with Crippen LogP contribution >= 0.6 is 0 Å². The number of nitrogens with one attached hydrogen (secondary N) is 1. The van der Waals surface area contributed by atoms with Crippen LogP contribution in [0.5, 0.6) is 17.2 Å². The van der Waals surface area contributed by atoms with E-state index in [9.17, 15) is 19.8 Å². The molecule has 0 aromatic heterocycles. The fourth-order valence-corrected chi connectivity index (χ4v) is 2.97. The van der Waals surface area contributed by atoms with Crippen LogP contribution in [0.1, 0.15) is 21.5 Å². The standard InChI is InChI=1S/C24H23NO6/c1-30-22-14-18(9-12-21(22)31-15-17-5-3-2-4-6-17)23(27)25-20(24(28)29)13-16-7-10-19(26)11-8-16/h2-12,14,20,26H,13,15H2,1H3,(H,25,27)(H,28,29)/p-1/t20-/m1/s1. The zero-order valence-corrected chi connectivity index (χ0v) is 16.9. The number of ether oxygens (including phenoxy) is 2. The van der Waals surface area contributed by atoms with E-state index in [0.29, 0.717) is 23.7 Å². The van der Waals surface area contributed by atoms with Crippen molar-refractivity contribution in [3.05, 3.63) is 89.5 Å². The summed E-state index contributed by atoms with van der Waals surface area (Å²) in [5.74, 6) is -1.10. The maximum absolute atomic E-state index is 12.6. The molecular weight excluding hydrogens is 398 g/mol. The molecule has 0 aliphatic carbocycles. The van der Waals surface area contributed by atoms with Gasteiger partial charge in [0.05, 0.1) is 19.1 Å². The average Bonchev–Trinajstić information content (AvgIpc) is 2.79. The number of carboxylic acid groups (broad SMARTS) is 1. The van der Waals surface area contributed by atoms with Crippen molar-refractivity contribution in [2.45, 2.75) is 19.1 Å². The number of hydrogen-bond donors (Lipinski definition) is 2. The van der Waals surface area contributed by atoms with Gasteiger partial charge < -0.3 is 29.8 Å². The zero-order valence-electron chi connectivity index (χ0n) is 16.9. The molecule has 2 N–H and O–H groups in total. The normalized spacial score (nSPS) is 11.4. The van der Waals surface area contributed by atoms with Crippen molar-refractivity contribution in [2.75, 3.05) is 7.11 Å². The molecule has 0 aliphatic rings. The van der Waals surface area contributed by atoms with E-state index >= 15 is 0 Å². The minimum Gasteiger partial charge on any atom is -0.548 e. The number of aliphatic carboxylic acids is 1. The minimum absolute atomic E-state index is 0.0176. The van der Waals surface area contributed by atoms with Crippen LogP contribution in [0.4, 0.5) is 0 Å². The molecule has 0 bridgehead atoms. The first-order valence-electron chi connectivity index (χ1n) is 9.60. The van der Waals surface area contributed by atoms with Gasteiger partial charge in [-0.2, -0.15) is 0 Å². The number of carboxylic acids is 1. The highest BCUT2D eigenvalue weighted by atomic mass is 16.5. The largest absolute Gasteiger partial charge is 0.548 e. The van der Waals surface area contributed by atoms with E-state index in [2.05, 4.69) is 5.32 Å². The summed E-state index contributed by atoms with van der Waals surface area (Å²) in [6, 6.07) is 19.0. The third-order valence-electron chi connectivity index (χ3n) is 4.63. The van der Waals surface area contributed by atoms with Gasteiger partial charge in [-0.3, -0.25) is 4.79 Å². The van der Waals surface area contributed by atoms with Gasteiger partial charge in [0, 0.05) is 5.56 Å². The summed E-state index contributed by atoms with van der Waals surface area (Å²) in [6.07, 6.45) is 0.0176. The smallest absolute Gasteiger partial charge is 0.251 e. The number of methoxy groups -OCH3 is 1. The molecule has 3 aromatic rings. The van der Waals surface area contributed by atoms with Gasteiger partial charge in [-0.15, -0.1) is 0 Å². The second-order valence-corrected chi connectivity index (χ2v) is 6.86. The molecule has 0 unspecified atom stereocenters. The molecule has 1 atom stereocenters. The third-order valence-corrected chi connectivity index (χ3v) is 4.63. The van der Waals surface area contributed by atoms with E-state index in [-0.39, 0.29) is 17.7 Å². The van der Waals surface area contributed by atoms with Gasteiger partial charge >= 0.3 is 0 Å². The van der Waals surface area contributed by atoms with E-state index in [4.69, 9.17) is 9.47 Å². The lowest BCUT2D eigenvalue weighted by Gasteiger charge is -2.20. The van der Waals surface area contributed by atoms with Gasteiger partial charge in [0.25, 0.3) is 5.91 Å². The van der Waals surface area contributed by atoms with Crippen molar-refractivity contribution >= 4 is 11.9 Å². The molecule has 3 rings (SSSR count). The summed E-state index contributed by atoms with van der Waals surface area (Å²) in [5.41, 5.74) is 1.84. The van der Waals surface area contributed by atoms with Crippen LogP contribution in [0.15, 0.2) is 72.8 Å². The Labute approximate surface area is 179 Å². The monoisotopic (exact) mass is 420 g/mol. The van der Waals surface area contributed by atoms with Crippen LogP contribution in [-0.4, -0.2) is 30.1 Å². The van der Waals surface area contributed by atoms with Crippen LogP contribution < -0.4 is 19.9 Å². The molecule has 0 saturated carbocycles. The van der Waals surface area contributed by atoms with Gasteiger partial charge in [0.15, 0.2) is 11.5 Å². The summed E-state index contributed by atoms with van der Waals surface area (Å²) in [7, 11) is 1.46. The highest BCUT2D eigenvalue weighted by Crippen LogP contribution is 2.29. The SMILES string of the molecule is COc1cc(C(=O)N[C@H](Cc2ccc(O)cc2)C(=O)[O-])ccc1OCc1ccccc1. The van der Waals surface area contributed by atoms with Gasteiger partial charge in [-0.25, -0.2) is 0 Å². The molecule has 31 heavy (non-hydrogen) atoms. The van der Waals surface area contributed by atoms with Crippen LogP contribution in [0.25, 0.3) is 0 Å². The van der Waals surface area contributed by atoms with Gasteiger partial charge in [-0.1, -0.05) is 42.5 Å². The zero-order chi connectivity index (χ0) is 22.2. The fourth-order valence-electron chi connectivity index (χ4n) is 2.97. The van der Waals surface area contributed by atoms with Gasteiger partial charge in [0.2, 0.25) is 0 Å². The number of carbonyl (C=O) groups excluding carboxylic acids is 2. The Hall–Kier alpha value is -4.00. The first kappa shape index (κ1) is 21.7. The van der Waals surface area contributed by atoms with E-state index < -0.39 is 17.9 Å². The number of benzene rings is 3. The van der Waals surface area contributed by atoms with Crippen LogP contribution in [-0.2, 0) is 17.8 Å². The molecule has 0 spiro atoms. The Morgan fingerprint density at radius 3 is 2.32 bits per heavy atom. The molecule has 0 aliphatic heterocycles. The van der Waals surface area contributed by atoms with Crippen molar-refractivity contribution in [1.82, 2.24) is 5.32 Å². The number of phenolic OH excluding ortho intramolecular Hbond substituents is 1. The molecule has 0 saturated heterocycles. The Morgan fingerprint density at radius 1 is 0.968 bits per heavy atom. The summed E-state index contributed by atoms with van der Waals surface area (Å²) in [4.78, 5) is 24.1. The Balaban J connectivity index is 1.69. The van der Waals surface area contributed by atoms with E-state index in [1.54, 1.807) is 18.2 Å². The molecular formula is C24H22NO6-. The van der Waals surface area contributed by atoms with Crippen molar-refractivity contribution in [3.63, 3.8) is 0 Å². The summed E-state index contributed by atoms with van der Waals surface area (Å²) < 4.78 is 11.1. The lowest BCUT2D eigenvalue weighted by Crippen LogP contribution is -2.49. The Bertz CT molecular complexity index is 1030. The predicted octanol–water partition coefficient (Wildman–Crippen LogP) is 2.07. The molecule has 0 radical (unpaired) electrons. The molecule has 3 aromatic carbocycles. The number of aromatic hydroxyl groups is 1. The van der Waals surface area contributed by atoms with Crippen molar-refractivity contribution < 1.29 is 29.3 Å². The van der Waals surface area contributed by atoms with Crippen LogP contribution in [0, 0.1) is 0 Å². The topological polar surface area (TPSA) is 108 Å². The maximum Gasteiger partial charge on any atom is 0.251 e. The Morgan fingerprint density at radius 2 is 1.68 bits per heavy atom. The molecule has 0 heterocycles. The molecule has 160 valence electrons. The Kier molecular flexibility index (Phi) is 7.11. The maximum atomic E-state index is 12.6. The van der Waals surface area contributed by atoms with Crippen molar-refractivity contribution in [3.8, 4) is 17.2 Å². The van der Waals surface area contributed by atoms with Gasteiger partial charge in [0.1, 0.15) is 12.4 Å². The number of phenols is 1. The van der Waals surface area contributed by atoms with Crippen LogP contribution in [0.2, 0.25) is 0 Å². The van der Waals surface area contributed by atoms with E-state index in [0.717, 1.165) is 5.56 Å². The van der Waals surface area contributed by atoms with E-state index in [1.165, 1.54) is 31.4 Å². The predicted molar refractivity (Wildman–Crippen MR) is 112 cm³/mol. The lowest BCUT2D eigenvalue weighted by molar-refractivity contribution is -0.308. The molecule has 7 heteroatoms. The number of hydrogen-bond acceptors (Lipinski definition) is 6. The minimum atomic E-state index is -1.41. The molecule has 7 nitrogen and oxygen atoms in total. The fraction of sp³-hybridized carbons (Fsp3) is 0.167. The first-order chi connectivity index (χ1) is 15.0. The number of amides is 1. The molecule has 1 amide bonds. The quantitative estimate of drug-likeness (QED) is 0.549. The highest BCUT2D eigenvalue weighted by Gasteiger charge is 2.17. The van der Waals surface area contributed by atoms with E-state index in [1.807, 2.05) is 30.3 Å².